The minimum Gasteiger partial charge on any atom is -0.466 e. The summed E-state index contributed by atoms with van der Waals surface area (Å²) in [4.78, 5) is 10.4. The number of hydrogen-bond donors (Lipinski definition) is 0. The van der Waals surface area contributed by atoms with Gasteiger partial charge in [-0.05, 0) is 30.3 Å². The lowest BCUT2D eigenvalue weighted by Gasteiger charge is -1.89. The Morgan fingerprint density at radius 3 is 2.44 bits per heavy atom. The van der Waals surface area contributed by atoms with Gasteiger partial charge in [0.05, 0.1) is 5.56 Å². The molecule has 1 heterocycles. The van der Waals surface area contributed by atoms with Crippen molar-refractivity contribution in [3.63, 3.8) is 0 Å². The van der Waals surface area contributed by atoms with E-state index >= 15 is 0 Å². The molecule has 89 valence electrons. The molecule has 0 saturated carbocycles. The Morgan fingerprint density at radius 1 is 1.11 bits per heavy atom. The fourth-order valence-corrected chi connectivity index (χ4v) is 1.43. The smallest absolute Gasteiger partial charge is 0.233 e. The summed E-state index contributed by atoms with van der Waals surface area (Å²) < 4.78 is 10.2. The molecular weight excluding hydrogens is 228 g/mol. The van der Waals surface area contributed by atoms with E-state index in [2.05, 4.69) is 11.8 Å². The van der Waals surface area contributed by atoms with Gasteiger partial charge in [-0.15, -0.1) is 0 Å². The lowest BCUT2D eigenvalue weighted by molar-refractivity contribution is 0.164. The van der Waals surface area contributed by atoms with Crippen LogP contribution >= 0.6 is 0 Å². The number of rotatable bonds is 3. The molecule has 0 unspecified atom stereocenters. The molecule has 1 aromatic carbocycles. The molecule has 1 radical (unpaired) electrons. The van der Waals surface area contributed by atoms with Gasteiger partial charge in [0.2, 0.25) is 6.29 Å². The molecule has 1 aromatic heterocycles. The van der Waals surface area contributed by atoms with E-state index in [9.17, 15) is 4.79 Å². The zero-order chi connectivity index (χ0) is 12.8. The SMILES string of the molecule is COCc1cc(C#Cc2ccc([C]=O)cc2)co1. The van der Waals surface area contributed by atoms with Crippen molar-refractivity contribution in [2.75, 3.05) is 7.11 Å². The molecule has 0 aliphatic rings. The molecule has 0 atom stereocenters. The van der Waals surface area contributed by atoms with Crippen molar-refractivity contribution < 1.29 is 13.9 Å². The number of hydrogen-bond acceptors (Lipinski definition) is 3. The predicted octanol–water partition coefficient (Wildman–Crippen LogP) is 2.28. The summed E-state index contributed by atoms with van der Waals surface area (Å²) in [6.45, 7) is 0.436. The Labute approximate surface area is 105 Å². The molecule has 0 saturated heterocycles. The van der Waals surface area contributed by atoms with Crippen LogP contribution in [0, 0.1) is 11.8 Å². The number of methoxy groups -OCH3 is 1. The Kier molecular flexibility index (Phi) is 3.95. The summed E-state index contributed by atoms with van der Waals surface area (Å²) >= 11 is 0. The Balaban J connectivity index is 2.11. The average Bonchev–Trinajstić information content (AvgIpc) is 2.85. The van der Waals surface area contributed by atoms with Gasteiger partial charge in [0, 0.05) is 18.2 Å². The predicted molar refractivity (Wildman–Crippen MR) is 66.6 cm³/mol. The topological polar surface area (TPSA) is 39.4 Å². The molecule has 0 spiro atoms. The van der Waals surface area contributed by atoms with Crippen LogP contribution in [0.2, 0.25) is 0 Å². The molecule has 0 N–H and O–H groups in total. The van der Waals surface area contributed by atoms with E-state index in [0.717, 1.165) is 16.9 Å². The summed E-state index contributed by atoms with van der Waals surface area (Å²) in [6, 6.07) is 8.77. The first-order valence-electron chi connectivity index (χ1n) is 5.38. The first kappa shape index (κ1) is 12.2. The van der Waals surface area contributed by atoms with Crippen LogP contribution in [0.1, 0.15) is 22.5 Å². The standard InChI is InChI=1S/C15H11O3/c1-17-11-15-8-14(10-18-15)7-4-12-2-5-13(9-16)6-3-12/h2-3,5-6,8,10H,11H2,1H3. The highest BCUT2D eigenvalue weighted by molar-refractivity contribution is 5.75. The normalized spacial score (nSPS) is 9.61. The van der Waals surface area contributed by atoms with Gasteiger partial charge in [-0.1, -0.05) is 11.8 Å². The molecule has 0 fully saturated rings. The average molecular weight is 239 g/mol. The highest BCUT2D eigenvalue weighted by Crippen LogP contribution is 2.08. The van der Waals surface area contributed by atoms with Crippen molar-refractivity contribution in [2.24, 2.45) is 0 Å². The zero-order valence-corrected chi connectivity index (χ0v) is 9.90. The summed E-state index contributed by atoms with van der Waals surface area (Å²) in [5.41, 5.74) is 2.16. The van der Waals surface area contributed by atoms with Crippen LogP contribution in [0.25, 0.3) is 0 Å². The van der Waals surface area contributed by atoms with E-state index < -0.39 is 0 Å². The minimum atomic E-state index is 0.436. The van der Waals surface area contributed by atoms with Crippen LogP contribution in [-0.4, -0.2) is 13.4 Å². The van der Waals surface area contributed by atoms with Crippen LogP contribution in [0.5, 0.6) is 0 Å². The molecule has 0 bridgehead atoms. The van der Waals surface area contributed by atoms with Crippen molar-refractivity contribution in [1.29, 1.82) is 0 Å². The van der Waals surface area contributed by atoms with Gasteiger partial charge < -0.3 is 9.15 Å². The Bertz CT molecular complexity index is 582. The molecule has 0 aliphatic heterocycles. The molecule has 3 heteroatoms. The summed E-state index contributed by atoms with van der Waals surface area (Å²) in [5.74, 6) is 6.71. The maximum Gasteiger partial charge on any atom is 0.233 e. The molecule has 3 nitrogen and oxygen atoms in total. The van der Waals surface area contributed by atoms with Crippen LogP contribution < -0.4 is 0 Å². The van der Waals surface area contributed by atoms with Crippen molar-refractivity contribution in [3.8, 4) is 11.8 Å². The van der Waals surface area contributed by atoms with E-state index in [1.54, 1.807) is 37.6 Å². The first-order chi connectivity index (χ1) is 8.81. The fourth-order valence-electron chi connectivity index (χ4n) is 1.43. The van der Waals surface area contributed by atoms with E-state index in [1.165, 1.54) is 0 Å². The highest BCUT2D eigenvalue weighted by Gasteiger charge is 1.98. The van der Waals surface area contributed by atoms with Gasteiger partial charge in [-0.2, -0.15) is 0 Å². The van der Waals surface area contributed by atoms with E-state index in [-0.39, 0.29) is 0 Å². The summed E-state index contributed by atoms with van der Waals surface area (Å²) in [6.07, 6.45) is 3.41. The zero-order valence-electron chi connectivity index (χ0n) is 9.90. The number of benzene rings is 1. The third-order valence-electron chi connectivity index (χ3n) is 2.29. The summed E-state index contributed by atoms with van der Waals surface area (Å²) in [5, 5.41) is 0. The monoisotopic (exact) mass is 239 g/mol. The quantitative estimate of drug-likeness (QED) is 0.771. The largest absolute Gasteiger partial charge is 0.466 e. The van der Waals surface area contributed by atoms with Crippen LogP contribution in [0.4, 0.5) is 0 Å². The van der Waals surface area contributed by atoms with Gasteiger partial charge in [0.25, 0.3) is 0 Å². The van der Waals surface area contributed by atoms with Gasteiger partial charge in [0.15, 0.2) is 0 Å². The maximum atomic E-state index is 10.4. The fraction of sp³-hybridized carbons (Fsp3) is 0.133. The van der Waals surface area contributed by atoms with E-state index in [1.807, 2.05) is 12.4 Å². The van der Waals surface area contributed by atoms with E-state index in [4.69, 9.17) is 9.15 Å². The highest BCUT2D eigenvalue weighted by atomic mass is 16.5. The van der Waals surface area contributed by atoms with Crippen LogP contribution in [0.15, 0.2) is 41.0 Å². The van der Waals surface area contributed by atoms with Crippen molar-refractivity contribution >= 4 is 6.29 Å². The molecule has 2 rings (SSSR count). The Hall–Kier alpha value is -2.31. The lowest BCUT2D eigenvalue weighted by Crippen LogP contribution is -1.82. The summed E-state index contributed by atoms with van der Waals surface area (Å²) in [7, 11) is 1.61. The third kappa shape index (κ3) is 3.09. The number of ether oxygens (including phenoxy) is 1. The number of carbonyl (C=O) groups excluding carboxylic acids is 1. The van der Waals surface area contributed by atoms with Crippen LogP contribution in [0.3, 0.4) is 0 Å². The maximum absolute atomic E-state index is 10.4. The lowest BCUT2D eigenvalue weighted by atomic mass is 10.1. The molecule has 18 heavy (non-hydrogen) atoms. The first-order valence-corrected chi connectivity index (χ1v) is 5.38. The second-order valence-electron chi connectivity index (χ2n) is 3.66. The van der Waals surface area contributed by atoms with Crippen molar-refractivity contribution in [1.82, 2.24) is 0 Å². The minimum absolute atomic E-state index is 0.436. The van der Waals surface area contributed by atoms with Gasteiger partial charge in [-0.3, -0.25) is 4.79 Å². The van der Waals surface area contributed by atoms with E-state index in [0.29, 0.717) is 12.2 Å². The molecular formula is C15H11O3. The van der Waals surface area contributed by atoms with Crippen LogP contribution in [-0.2, 0) is 16.1 Å². The van der Waals surface area contributed by atoms with Crippen molar-refractivity contribution in [2.45, 2.75) is 6.61 Å². The second kappa shape index (κ2) is 5.85. The van der Waals surface area contributed by atoms with Crippen molar-refractivity contribution in [3.05, 3.63) is 59.0 Å². The Morgan fingerprint density at radius 2 is 1.78 bits per heavy atom. The molecule has 2 aromatic rings. The molecule has 0 aliphatic carbocycles. The van der Waals surface area contributed by atoms with Gasteiger partial charge >= 0.3 is 0 Å². The van der Waals surface area contributed by atoms with Gasteiger partial charge in [-0.25, -0.2) is 0 Å². The van der Waals surface area contributed by atoms with Gasteiger partial charge in [0.1, 0.15) is 18.6 Å². The number of furan rings is 1. The molecule has 0 amide bonds. The second-order valence-corrected chi connectivity index (χ2v) is 3.66. The third-order valence-corrected chi connectivity index (χ3v) is 2.29.